The average Bonchev–Trinajstić information content (AvgIpc) is 3.38. The monoisotopic (exact) mass is 520 g/mol. The highest BCUT2D eigenvalue weighted by molar-refractivity contribution is 7.89. The third-order valence-electron chi connectivity index (χ3n) is 6.15. The topological polar surface area (TPSA) is 111 Å². The van der Waals surface area contributed by atoms with E-state index < -0.39 is 16.4 Å². The Labute approximate surface area is 211 Å². The van der Waals surface area contributed by atoms with Gasteiger partial charge in [0.15, 0.2) is 0 Å². The Morgan fingerprint density at radius 3 is 2.31 bits per heavy atom. The molecule has 2 saturated heterocycles. The first kappa shape index (κ1) is 27.2. The highest BCUT2D eigenvalue weighted by Gasteiger charge is 2.37. The molecule has 0 aromatic heterocycles. The molecule has 0 bridgehead atoms. The molecule has 0 radical (unpaired) electrons. The van der Waals surface area contributed by atoms with Crippen LogP contribution >= 0.6 is 0 Å². The van der Waals surface area contributed by atoms with Crippen molar-refractivity contribution in [2.45, 2.75) is 37.1 Å². The van der Waals surface area contributed by atoms with Crippen LogP contribution in [0.3, 0.4) is 0 Å². The first-order chi connectivity index (χ1) is 17.2. The van der Waals surface area contributed by atoms with E-state index in [0.29, 0.717) is 12.0 Å². The highest BCUT2D eigenvalue weighted by Crippen LogP contribution is 2.26. The number of halogens is 2. The molecule has 2 amide bonds. The molecule has 0 aliphatic carbocycles. The number of nitrogens with zero attached hydrogens (tertiary/aromatic N) is 3. The molecule has 2 aromatic carbocycles. The first-order valence-electron chi connectivity index (χ1n) is 11.5. The lowest BCUT2D eigenvalue weighted by Crippen LogP contribution is -2.49. The molecule has 2 heterocycles. The summed E-state index contributed by atoms with van der Waals surface area (Å²) >= 11 is 0. The fourth-order valence-corrected chi connectivity index (χ4v) is 5.46. The molecule has 2 aliphatic rings. The summed E-state index contributed by atoms with van der Waals surface area (Å²) < 4.78 is 50.6. The fraction of sp³-hybridized carbons (Fsp3) is 0.400. The molecule has 11 heteroatoms. The molecule has 2 aliphatic heterocycles. The molecule has 2 fully saturated rings. The van der Waals surface area contributed by atoms with Gasteiger partial charge in [-0.2, -0.15) is 9.57 Å². The maximum atomic E-state index is 12.5. The standard InChI is InChI=1S/C15H17N3O3S.C10H11F2NO.H2/c16-9-12-10-18(11-12)22(20,21)14-5-3-4-13(8-14)15(19)17-6-1-2-7-17;1-7(13-6-14)8-2-4-9(5-3-8)10(11)12;/h3-5,8,12H,1-2,6-7,10-11H2;2-7,10H,1H3,(H,13,14);1H/t;7-;/m.1./s1. The van der Waals surface area contributed by atoms with Crippen molar-refractivity contribution in [3.8, 4) is 6.07 Å². The second-order valence-corrected chi connectivity index (χ2v) is 10.6. The summed E-state index contributed by atoms with van der Waals surface area (Å²) in [5.41, 5.74) is 1.20. The largest absolute Gasteiger partial charge is 0.352 e. The lowest BCUT2D eigenvalue weighted by Gasteiger charge is -2.34. The lowest BCUT2D eigenvalue weighted by molar-refractivity contribution is -0.110. The number of carbonyl (C=O) groups is 2. The van der Waals surface area contributed by atoms with Crippen molar-refractivity contribution in [3.05, 3.63) is 65.2 Å². The van der Waals surface area contributed by atoms with E-state index in [1.165, 1.54) is 28.6 Å². The minimum atomic E-state index is -3.61. The number of benzene rings is 2. The predicted molar refractivity (Wildman–Crippen MR) is 131 cm³/mol. The van der Waals surface area contributed by atoms with Crippen molar-refractivity contribution in [2.75, 3.05) is 26.2 Å². The SMILES string of the molecule is C[C@@H](NC=O)c1ccc(C(F)F)cc1.N#CC1CN(S(=O)(=O)c2cccc(C(=O)N3CCCC3)c2)C1.[HH]. The number of nitrogens with one attached hydrogen (secondary N) is 1. The molecular formula is C25H30F2N4O4S. The summed E-state index contributed by atoms with van der Waals surface area (Å²) in [5.74, 6) is -0.350. The molecule has 8 nitrogen and oxygen atoms in total. The molecule has 36 heavy (non-hydrogen) atoms. The fourth-order valence-electron chi connectivity index (χ4n) is 3.89. The van der Waals surface area contributed by atoms with Crippen molar-refractivity contribution in [1.29, 1.82) is 5.26 Å². The summed E-state index contributed by atoms with van der Waals surface area (Å²) in [5, 5.41) is 11.3. The van der Waals surface area contributed by atoms with Gasteiger partial charge in [0.2, 0.25) is 16.4 Å². The van der Waals surface area contributed by atoms with Crippen LogP contribution in [-0.4, -0.2) is 56.1 Å². The van der Waals surface area contributed by atoms with Gasteiger partial charge in [-0.15, -0.1) is 0 Å². The second kappa shape index (κ2) is 12.1. The van der Waals surface area contributed by atoms with Crippen molar-refractivity contribution in [1.82, 2.24) is 14.5 Å². The van der Waals surface area contributed by atoms with Crippen LogP contribution in [0, 0.1) is 17.2 Å². The van der Waals surface area contributed by atoms with Crippen LogP contribution in [0.2, 0.25) is 0 Å². The van der Waals surface area contributed by atoms with Crippen LogP contribution in [0.5, 0.6) is 0 Å². The van der Waals surface area contributed by atoms with Gasteiger partial charge in [0, 0.05) is 38.7 Å². The Morgan fingerprint density at radius 1 is 1.14 bits per heavy atom. The minimum Gasteiger partial charge on any atom is -0.352 e. The predicted octanol–water partition coefficient (Wildman–Crippen LogP) is 3.74. The van der Waals surface area contributed by atoms with Gasteiger partial charge in [0.1, 0.15) is 0 Å². The molecule has 0 unspecified atom stereocenters. The van der Waals surface area contributed by atoms with Crippen molar-refractivity contribution in [2.24, 2.45) is 5.92 Å². The molecule has 1 atom stereocenters. The van der Waals surface area contributed by atoms with Gasteiger partial charge in [0.05, 0.1) is 22.9 Å². The van der Waals surface area contributed by atoms with Crippen LogP contribution in [-0.2, 0) is 14.8 Å². The second-order valence-electron chi connectivity index (χ2n) is 8.65. The van der Waals surface area contributed by atoms with Gasteiger partial charge in [-0.3, -0.25) is 9.59 Å². The summed E-state index contributed by atoms with van der Waals surface area (Å²) in [7, 11) is -3.61. The van der Waals surface area contributed by atoms with Crippen LogP contribution in [0.15, 0.2) is 53.4 Å². The van der Waals surface area contributed by atoms with Crippen molar-refractivity contribution in [3.63, 3.8) is 0 Å². The number of carbonyl (C=O) groups excluding carboxylic acids is 2. The van der Waals surface area contributed by atoms with E-state index in [1.54, 1.807) is 36.1 Å². The number of alkyl halides is 2. The van der Waals surface area contributed by atoms with E-state index in [4.69, 9.17) is 5.26 Å². The normalized spacial score (nSPS) is 16.9. The number of amides is 2. The average molecular weight is 521 g/mol. The first-order valence-corrected chi connectivity index (χ1v) is 13.0. The molecule has 2 aromatic rings. The van der Waals surface area contributed by atoms with Crippen LogP contribution in [0.25, 0.3) is 0 Å². The lowest BCUT2D eigenvalue weighted by atomic mass is 10.1. The Balaban J connectivity index is 0.000000280. The van der Waals surface area contributed by atoms with E-state index in [2.05, 4.69) is 11.4 Å². The van der Waals surface area contributed by atoms with Crippen molar-refractivity contribution < 1.29 is 28.2 Å². The zero-order chi connectivity index (χ0) is 26.3. The summed E-state index contributed by atoms with van der Waals surface area (Å²) in [4.78, 5) is 24.4. The van der Waals surface area contributed by atoms with E-state index in [9.17, 15) is 26.8 Å². The van der Waals surface area contributed by atoms with Crippen LogP contribution < -0.4 is 5.32 Å². The number of sulfonamides is 1. The minimum absolute atomic E-state index is 0. The molecule has 194 valence electrons. The van der Waals surface area contributed by atoms with E-state index in [0.717, 1.165) is 31.5 Å². The van der Waals surface area contributed by atoms with Gasteiger partial charge < -0.3 is 10.2 Å². The maximum absolute atomic E-state index is 12.5. The summed E-state index contributed by atoms with van der Waals surface area (Å²) in [6.45, 7) is 3.69. The maximum Gasteiger partial charge on any atom is 0.263 e. The van der Waals surface area contributed by atoms with Crippen molar-refractivity contribution >= 4 is 22.3 Å². The zero-order valence-corrected chi connectivity index (χ0v) is 20.6. The van der Waals surface area contributed by atoms with Gasteiger partial charge in [-0.05, 0) is 43.5 Å². The number of nitriles is 1. The quantitative estimate of drug-likeness (QED) is 0.559. The van der Waals surface area contributed by atoms with Gasteiger partial charge in [0.25, 0.3) is 12.3 Å². The molecule has 1 N–H and O–H groups in total. The van der Waals surface area contributed by atoms with Gasteiger partial charge in [-0.25, -0.2) is 17.2 Å². The molecule has 0 saturated carbocycles. The molecular weight excluding hydrogens is 490 g/mol. The molecule has 4 rings (SSSR count). The van der Waals surface area contributed by atoms with Crippen LogP contribution in [0.4, 0.5) is 8.78 Å². The van der Waals surface area contributed by atoms with E-state index in [-0.39, 0.29) is 42.8 Å². The highest BCUT2D eigenvalue weighted by atomic mass is 32.2. The summed E-state index contributed by atoms with van der Waals surface area (Å²) in [6, 6.07) is 14.0. The zero-order valence-electron chi connectivity index (χ0n) is 19.8. The third-order valence-corrected chi connectivity index (χ3v) is 7.98. The third kappa shape index (κ3) is 6.44. The van der Waals surface area contributed by atoms with Gasteiger partial charge in [-0.1, -0.05) is 30.3 Å². The Hall–Kier alpha value is -3.36. The Kier molecular flexibility index (Phi) is 9.12. The number of rotatable bonds is 7. The van der Waals surface area contributed by atoms with Crippen LogP contribution in [0.1, 0.15) is 55.1 Å². The number of hydrogen-bond acceptors (Lipinski definition) is 5. The summed E-state index contributed by atoms with van der Waals surface area (Å²) in [6.07, 6.45) is 0.129. The van der Waals surface area contributed by atoms with Gasteiger partial charge >= 0.3 is 0 Å². The molecule has 0 spiro atoms. The smallest absolute Gasteiger partial charge is 0.263 e. The Morgan fingerprint density at radius 2 is 1.75 bits per heavy atom. The van der Waals surface area contributed by atoms with E-state index in [1.807, 2.05) is 0 Å². The number of hydrogen-bond donors (Lipinski definition) is 1. The Bertz CT molecular complexity index is 1210. The number of likely N-dealkylation sites (tertiary alicyclic amines) is 1. The van der Waals surface area contributed by atoms with E-state index >= 15 is 0 Å².